The van der Waals surface area contributed by atoms with Crippen LogP contribution < -0.4 is 5.32 Å². The molecule has 0 aromatic rings. The molecule has 1 rings (SSSR count). The van der Waals surface area contributed by atoms with Gasteiger partial charge in [0.15, 0.2) is 6.29 Å². The van der Waals surface area contributed by atoms with Crippen molar-refractivity contribution in [3.8, 4) is 0 Å². The summed E-state index contributed by atoms with van der Waals surface area (Å²) in [6, 6.07) is -0.832. The van der Waals surface area contributed by atoms with Crippen molar-refractivity contribution in [1.29, 1.82) is 0 Å². The summed E-state index contributed by atoms with van der Waals surface area (Å²) in [5, 5.41) is 54.3. The quantitative estimate of drug-likeness (QED) is 0.0261. The van der Waals surface area contributed by atoms with Gasteiger partial charge in [-0.1, -0.05) is 243 Å². The number of nitrogens with one attached hydrogen (secondary N) is 1. The molecule has 1 aliphatic rings. The predicted octanol–water partition coefficient (Wildman–Crippen LogP) is 15.5. The molecule has 430 valence electrons. The summed E-state index contributed by atoms with van der Waals surface area (Å²) in [5.41, 5.74) is 0. The Morgan fingerprint density at radius 1 is 0.461 bits per heavy atom. The Morgan fingerprint density at radius 3 is 1.26 bits per heavy atom. The number of carbonyl (C=O) groups is 1. The zero-order valence-corrected chi connectivity index (χ0v) is 47.7. The minimum atomic E-state index is -1.58. The molecular formula is C67H109NO8. The van der Waals surface area contributed by atoms with Gasteiger partial charge in [-0.05, 0) is 109 Å². The van der Waals surface area contributed by atoms with Crippen molar-refractivity contribution in [1.82, 2.24) is 5.32 Å². The van der Waals surface area contributed by atoms with Crippen molar-refractivity contribution in [3.63, 3.8) is 0 Å². The van der Waals surface area contributed by atoms with Gasteiger partial charge in [-0.2, -0.15) is 0 Å². The second-order valence-electron chi connectivity index (χ2n) is 20.0. The molecule has 1 amide bonds. The van der Waals surface area contributed by atoms with Crippen LogP contribution in [0.15, 0.2) is 146 Å². The Kier molecular flexibility index (Phi) is 50.2. The molecule has 76 heavy (non-hydrogen) atoms. The van der Waals surface area contributed by atoms with Gasteiger partial charge in [0, 0.05) is 6.42 Å². The van der Waals surface area contributed by atoms with Gasteiger partial charge >= 0.3 is 0 Å². The Labute approximate surface area is 463 Å². The third kappa shape index (κ3) is 43.1. The van der Waals surface area contributed by atoms with Gasteiger partial charge in [0.25, 0.3) is 0 Å². The van der Waals surface area contributed by atoms with Crippen molar-refractivity contribution in [3.05, 3.63) is 146 Å². The van der Waals surface area contributed by atoms with Crippen LogP contribution in [-0.2, 0) is 14.3 Å². The summed E-state index contributed by atoms with van der Waals surface area (Å²) < 4.78 is 11.2. The standard InChI is InChI=1S/C67H109NO8/c1-3-5-7-9-11-13-15-17-18-19-20-21-22-23-24-25-26-27-28-29-30-31-32-33-34-35-36-37-38-39-40-41-42-43-44-45-47-49-51-53-55-57-63(71)68-60(59-75-67-66(74)65(73)64(72)62(58-69)76-67)61(70)56-54-52-50-48-46-16-14-12-10-8-6-4-2/h5,7,11,13,17-18,20-21,23-24,26-27,29-30,32-33,35-36,38-39,46,48,54,56,60-62,64-67,69-70,72-74H,3-4,6,8-10,12,14-16,19,22,25,28,31,34,37,40-45,47,49-53,55,57-59H2,1-2H3,(H,68,71)/b7-5-,13-11-,18-17-,21-20-,24-23-,27-26-,30-29-,33-32-,36-35-,39-38-,48-46+,56-54+. The van der Waals surface area contributed by atoms with Crippen molar-refractivity contribution >= 4 is 5.91 Å². The van der Waals surface area contributed by atoms with Crippen LogP contribution in [0.4, 0.5) is 0 Å². The Morgan fingerprint density at radius 2 is 0.829 bits per heavy atom. The minimum absolute atomic E-state index is 0.199. The first-order chi connectivity index (χ1) is 37.3. The smallest absolute Gasteiger partial charge is 0.220 e. The number of unbranched alkanes of at least 4 members (excludes halogenated alkanes) is 17. The fourth-order valence-electron chi connectivity index (χ4n) is 8.43. The number of amides is 1. The van der Waals surface area contributed by atoms with Crippen molar-refractivity contribution in [2.45, 2.75) is 256 Å². The van der Waals surface area contributed by atoms with Gasteiger partial charge in [-0.3, -0.25) is 4.79 Å². The van der Waals surface area contributed by atoms with E-state index in [1.807, 2.05) is 6.08 Å². The lowest BCUT2D eigenvalue weighted by Crippen LogP contribution is -2.60. The summed E-state index contributed by atoms with van der Waals surface area (Å²) in [5.74, 6) is -0.199. The van der Waals surface area contributed by atoms with Crippen LogP contribution in [0.2, 0.25) is 0 Å². The molecule has 0 saturated carbocycles. The highest BCUT2D eigenvalue weighted by Crippen LogP contribution is 2.23. The molecule has 0 aliphatic carbocycles. The molecule has 7 atom stereocenters. The van der Waals surface area contributed by atoms with Gasteiger partial charge in [0.1, 0.15) is 24.4 Å². The first kappa shape index (κ1) is 70.1. The van der Waals surface area contributed by atoms with Gasteiger partial charge in [0.2, 0.25) is 5.91 Å². The third-order valence-electron chi connectivity index (χ3n) is 13.1. The van der Waals surface area contributed by atoms with E-state index in [0.717, 1.165) is 116 Å². The monoisotopic (exact) mass is 1060 g/mol. The molecule has 1 saturated heterocycles. The van der Waals surface area contributed by atoms with Crippen molar-refractivity contribution in [2.24, 2.45) is 0 Å². The lowest BCUT2D eigenvalue weighted by atomic mass is 9.99. The number of hydrogen-bond donors (Lipinski definition) is 6. The van der Waals surface area contributed by atoms with Gasteiger partial charge < -0.3 is 40.3 Å². The maximum Gasteiger partial charge on any atom is 0.220 e. The number of aliphatic hydroxyl groups is 5. The Hall–Kier alpha value is -3.93. The first-order valence-corrected chi connectivity index (χ1v) is 30.1. The Balaban J connectivity index is 2.14. The lowest BCUT2D eigenvalue weighted by molar-refractivity contribution is -0.302. The predicted molar refractivity (Wildman–Crippen MR) is 322 cm³/mol. The van der Waals surface area contributed by atoms with E-state index in [1.54, 1.807) is 6.08 Å². The normalized spacial score (nSPS) is 19.9. The van der Waals surface area contributed by atoms with E-state index in [1.165, 1.54) is 77.0 Å². The summed E-state index contributed by atoms with van der Waals surface area (Å²) in [6.45, 7) is 3.61. The maximum absolute atomic E-state index is 13.0. The van der Waals surface area contributed by atoms with E-state index < -0.39 is 49.5 Å². The number of aliphatic hydroxyl groups excluding tert-OH is 5. The molecule has 7 unspecified atom stereocenters. The van der Waals surface area contributed by atoms with Crippen LogP contribution >= 0.6 is 0 Å². The second-order valence-corrected chi connectivity index (χ2v) is 20.0. The largest absolute Gasteiger partial charge is 0.394 e. The minimum Gasteiger partial charge on any atom is -0.394 e. The SMILES string of the molecule is CC/C=C\C/C=C\C/C=C\C/C=C\C/C=C\C/C=C\C/C=C\C/C=C\C/C=C\C/C=C\CCCCCCCCCCCCC(=O)NC(COC1OC(CO)C(O)C(O)C1O)C(O)/C=C/CC/C=C/CCCCCCCC. The van der Waals surface area contributed by atoms with E-state index in [0.29, 0.717) is 6.42 Å². The molecule has 0 aromatic heterocycles. The van der Waals surface area contributed by atoms with E-state index in [2.05, 4.69) is 153 Å². The van der Waals surface area contributed by atoms with E-state index in [9.17, 15) is 30.3 Å². The fourth-order valence-corrected chi connectivity index (χ4v) is 8.43. The first-order valence-electron chi connectivity index (χ1n) is 30.1. The average Bonchev–Trinajstić information content (AvgIpc) is 3.42. The van der Waals surface area contributed by atoms with Crippen LogP contribution in [0.5, 0.6) is 0 Å². The molecule has 1 aliphatic heterocycles. The fraction of sp³-hybridized carbons (Fsp3) is 0.627. The van der Waals surface area contributed by atoms with E-state index in [-0.39, 0.29) is 12.5 Å². The highest BCUT2D eigenvalue weighted by Gasteiger charge is 2.44. The maximum atomic E-state index is 13.0. The summed E-state index contributed by atoms with van der Waals surface area (Å²) >= 11 is 0. The molecule has 9 nitrogen and oxygen atoms in total. The summed E-state index contributed by atoms with van der Waals surface area (Å²) in [7, 11) is 0. The van der Waals surface area contributed by atoms with Crippen LogP contribution in [0.25, 0.3) is 0 Å². The Bertz CT molecular complexity index is 1700. The zero-order valence-electron chi connectivity index (χ0n) is 47.7. The van der Waals surface area contributed by atoms with E-state index >= 15 is 0 Å². The van der Waals surface area contributed by atoms with Gasteiger partial charge in [-0.15, -0.1) is 0 Å². The van der Waals surface area contributed by atoms with Gasteiger partial charge in [0.05, 0.1) is 25.4 Å². The number of hydrogen-bond acceptors (Lipinski definition) is 8. The average molecular weight is 1060 g/mol. The molecular weight excluding hydrogens is 947 g/mol. The van der Waals surface area contributed by atoms with Crippen molar-refractivity contribution < 1.29 is 39.8 Å². The molecule has 0 bridgehead atoms. The number of rotatable bonds is 49. The van der Waals surface area contributed by atoms with Crippen molar-refractivity contribution in [2.75, 3.05) is 13.2 Å². The number of ether oxygens (including phenoxy) is 2. The molecule has 9 heteroatoms. The second kappa shape index (κ2) is 54.4. The molecule has 6 N–H and O–H groups in total. The third-order valence-corrected chi connectivity index (χ3v) is 13.1. The molecule has 0 spiro atoms. The molecule has 1 fully saturated rings. The van der Waals surface area contributed by atoms with Crippen LogP contribution in [0.1, 0.15) is 213 Å². The molecule has 0 radical (unpaired) electrons. The molecule has 1 heterocycles. The van der Waals surface area contributed by atoms with E-state index in [4.69, 9.17) is 9.47 Å². The number of allylic oxidation sites excluding steroid dienone is 23. The molecule has 0 aromatic carbocycles. The lowest BCUT2D eigenvalue weighted by Gasteiger charge is -2.40. The number of carbonyl (C=O) groups excluding carboxylic acids is 1. The highest BCUT2D eigenvalue weighted by atomic mass is 16.7. The summed E-state index contributed by atoms with van der Waals surface area (Å²) in [6.07, 6.45) is 77.9. The van der Waals surface area contributed by atoms with Crippen LogP contribution in [-0.4, -0.2) is 87.5 Å². The van der Waals surface area contributed by atoms with Crippen LogP contribution in [0, 0.1) is 0 Å². The zero-order chi connectivity index (χ0) is 55.0. The highest BCUT2D eigenvalue weighted by molar-refractivity contribution is 5.76. The van der Waals surface area contributed by atoms with Crippen LogP contribution in [0.3, 0.4) is 0 Å². The van der Waals surface area contributed by atoms with Gasteiger partial charge in [-0.25, -0.2) is 0 Å². The topological polar surface area (TPSA) is 149 Å². The summed E-state index contributed by atoms with van der Waals surface area (Å²) in [4.78, 5) is 13.0.